The summed E-state index contributed by atoms with van der Waals surface area (Å²) in [5.74, 6) is -1.91. The zero-order chi connectivity index (χ0) is 21.0. The summed E-state index contributed by atoms with van der Waals surface area (Å²) in [6, 6.07) is 8.52. The van der Waals surface area contributed by atoms with Gasteiger partial charge in [-0.25, -0.2) is 4.79 Å². The number of benzene rings is 1. The van der Waals surface area contributed by atoms with Gasteiger partial charge in [-0.15, -0.1) is 0 Å². The smallest absolute Gasteiger partial charge is 0.332 e. The molecule has 0 atom stereocenters. The Kier molecular flexibility index (Phi) is 6.40. The summed E-state index contributed by atoms with van der Waals surface area (Å²) < 4.78 is 2.04. The highest BCUT2D eigenvalue weighted by Crippen LogP contribution is 2.15. The number of carboxylic acid groups (broad SMARTS) is 1. The summed E-state index contributed by atoms with van der Waals surface area (Å²) in [7, 11) is 1.28. The number of nitrogens with two attached hydrogens (primary N) is 1. The summed E-state index contributed by atoms with van der Waals surface area (Å²) in [6.45, 7) is 3.21. The van der Waals surface area contributed by atoms with Gasteiger partial charge in [0.25, 0.3) is 5.56 Å². The van der Waals surface area contributed by atoms with E-state index >= 15 is 0 Å². The molecule has 28 heavy (non-hydrogen) atoms. The molecule has 0 saturated heterocycles. The third-order valence-electron chi connectivity index (χ3n) is 4.19. The van der Waals surface area contributed by atoms with Gasteiger partial charge in [0.2, 0.25) is 0 Å². The summed E-state index contributed by atoms with van der Waals surface area (Å²) in [5.41, 5.74) is 4.82. The topological polar surface area (TPSA) is 128 Å². The largest absolute Gasteiger partial charge is 0.480 e. The van der Waals surface area contributed by atoms with E-state index in [2.05, 4.69) is 0 Å². The Labute approximate surface area is 161 Å². The number of aromatic nitrogens is 2. The molecule has 1 aromatic carbocycles. The Bertz CT molecular complexity index is 992. The molecular weight excluding hydrogens is 364 g/mol. The van der Waals surface area contributed by atoms with E-state index in [-0.39, 0.29) is 30.4 Å². The number of nitrogen functional groups attached to an aromatic ring is 1. The minimum Gasteiger partial charge on any atom is -0.480 e. The van der Waals surface area contributed by atoms with Crippen molar-refractivity contribution in [3.8, 4) is 0 Å². The fourth-order valence-electron chi connectivity index (χ4n) is 2.88. The summed E-state index contributed by atoms with van der Waals surface area (Å²) in [6.07, 6.45) is 0. The van der Waals surface area contributed by atoms with Gasteiger partial charge < -0.3 is 15.7 Å². The number of carboxylic acids is 1. The van der Waals surface area contributed by atoms with Crippen molar-refractivity contribution in [2.45, 2.75) is 20.4 Å². The molecule has 0 amide bonds. The zero-order valence-corrected chi connectivity index (χ0v) is 16.1. The lowest BCUT2D eigenvalue weighted by Gasteiger charge is -2.23. The molecule has 0 saturated carbocycles. The highest BCUT2D eigenvalue weighted by atomic mass is 16.4. The lowest BCUT2D eigenvalue weighted by Crippen LogP contribution is -2.45. The SMILES string of the molecule is CC(C)Cn1c(N)c(C(=O)CN(CC(=O)O)c2ccccc2)c(=O)n(C)c1=O. The Balaban J connectivity index is 2.50. The molecule has 150 valence electrons. The van der Waals surface area contributed by atoms with Crippen molar-refractivity contribution >= 4 is 23.3 Å². The first-order chi connectivity index (χ1) is 13.1. The molecule has 1 heterocycles. The summed E-state index contributed by atoms with van der Waals surface area (Å²) in [4.78, 5) is 50.4. The van der Waals surface area contributed by atoms with E-state index in [9.17, 15) is 24.3 Å². The molecule has 9 nitrogen and oxygen atoms in total. The van der Waals surface area contributed by atoms with Crippen molar-refractivity contribution in [2.75, 3.05) is 23.7 Å². The van der Waals surface area contributed by atoms with Crippen molar-refractivity contribution in [3.63, 3.8) is 0 Å². The van der Waals surface area contributed by atoms with Gasteiger partial charge in [0.15, 0.2) is 5.78 Å². The van der Waals surface area contributed by atoms with Crippen LogP contribution in [0.1, 0.15) is 24.2 Å². The maximum Gasteiger partial charge on any atom is 0.332 e. The van der Waals surface area contributed by atoms with Crippen LogP contribution in [0.5, 0.6) is 0 Å². The van der Waals surface area contributed by atoms with Gasteiger partial charge in [0.1, 0.15) is 17.9 Å². The molecule has 1 aromatic heterocycles. The van der Waals surface area contributed by atoms with E-state index in [1.807, 2.05) is 13.8 Å². The number of nitrogens with zero attached hydrogens (tertiary/aromatic N) is 3. The number of carbonyl (C=O) groups is 2. The molecule has 0 aliphatic heterocycles. The Hall–Kier alpha value is -3.36. The molecule has 0 unspecified atom stereocenters. The first-order valence-electron chi connectivity index (χ1n) is 8.77. The van der Waals surface area contributed by atoms with E-state index in [1.54, 1.807) is 30.3 Å². The average Bonchev–Trinajstić information content (AvgIpc) is 2.63. The van der Waals surface area contributed by atoms with E-state index in [0.29, 0.717) is 5.69 Å². The Morgan fingerprint density at radius 3 is 2.29 bits per heavy atom. The maximum absolute atomic E-state index is 12.9. The molecule has 0 aliphatic carbocycles. The average molecular weight is 388 g/mol. The molecule has 0 fully saturated rings. The second-order valence-corrected chi connectivity index (χ2v) is 6.92. The van der Waals surface area contributed by atoms with E-state index < -0.39 is 29.5 Å². The first-order valence-corrected chi connectivity index (χ1v) is 8.77. The van der Waals surface area contributed by atoms with Crippen LogP contribution < -0.4 is 21.9 Å². The number of para-hydroxylation sites is 1. The van der Waals surface area contributed by atoms with Crippen LogP contribution in [0.4, 0.5) is 11.5 Å². The normalized spacial score (nSPS) is 10.9. The molecule has 2 rings (SSSR count). The van der Waals surface area contributed by atoms with Crippen molar-refractivity contribution in [1.82, 2.24) is 9.13 Å². The second kappa shape index (κ2) is 8.55. The van der Waals surface area contributed by atoms with Crippen LogP contribution in [0.25, 0.3) is 0 Å². The molecule has 2 aromatic rings. The quantitative estimate of drug-likeness (QED) is 0.632. The van der Waals surface area contributed by atoms with Crippen LogP contribution in [-0.2, 0) is 18.4 Å². The summed E-state index contributed by atoms with van der Waals surface area (Å²) >= 11 is 0. The number of rotatable bonds is 8. The number of hydrogen-bond donors (Lipinski definition) is 2. The third-order valence-corrected chi connectivity index (χ3v) is 4.19. The highest BCUT2D eigenvalue weighted by molar-refractivity contribution is 6.02. The zero-order valence-electron chi connectivity index (χ0n) is 16.1. The standard InChI is InChI=1S/C19H24N4O5/c1-12(2)9-23-17(20)16(18(27)21(3)19(23)28)14(24)10-22(11-15(25)26)13-7-5-4-6-8-13/h4-8,12H,9-11,20H2,1-3H3,(H,25,26). The molecule has 9 heteroatoms. The first kappa shape index (κ1) is 20.9. The van der Waals surface area contributed by atoms with E-state index in [4.69, 9.17) is 5.73 Å². The van der Waals surface area contributed by atoms with Crippen LogP contribution in [0.3, 0.4) is 0 Å². The van der Waals surface area contributed by atoms with Crippen LogP contribution in [0.2, 0.25) is 0 Å². The molecule has 0 spiro atoms. The van der Waals surface area contributed by atoms with E-state index in [0.717, 1.165) is 4.57 Å². The second-order valence-electron chi connectivity index (χ2n) is 6.92. The predicted octanol–water partition coefficient (Wildman–Crippen LogP) is 0.559. The van der Waals surface area contributed by atoms with Crippen LogP contribution in [0, 0.1) is 5.92 Å². The van der Waals surface area contributed by atoms with Gasteiger partial charge in [-0.05, 0) is 18.1 Å². The Morgan fingerprint density at radius 1 is 1.14 bits per heavy atom. The number of carbonyl (C=O) groups excluding carboxylic acids is 1. The minimum absolute atomic E-state index is 0.0632. The summed E-state index contributed by atoms with van der Waals surface area (Å²) in [5, 5.41) is 9.17. The van der Waals surface area contributed by atoms with Crippen molar-refractivity contribution in [3.05, 3.63) is 56.7 Å². The minimum atomic E-state index is -1.12. The number of ketones is 1. The molecular formula is C19H24N4O5. The van der Waals surface area contributed by atoms with Gasteiger partial charge >= 0.3 is 11.7 Å². The maximum atomic E-state index is 12.9. The van der Waals surface area contributed by atoms with Crippen molar-refractivity contribution in [2.24, 2.45) is 13.0 Å². The van der Waals surface area contributed by atoms with E-state index in [1.165, 1.54) is 16.5 Å². The number of Topliss-reactive ketones (excluding diaryl/α,β-unsaturated/α-hetero) is 1. The van der Waals surface area contributed by atoms with Gasteiger partial charge in [-0.2, -0.15) is 0 Å². The Morgan fingerprint density at radius 2 is 1.75 bits per heavy atom. The highest BCUT2D eigenvalue weighted by Gasteiger charge is 2.24. The fraction of sp³-hybridized carbons (Fsp3) is 0.368. The van der Waals surface area contributed by atoms with Crippen molar-refractivity contribution < 1.29 is 14.7 Å². The molecule has 3 N–H and O–H groups in total. The number of aliphatic carboxylic acids is 1. The van der Waals surface area contributed by atoms with Gasteiger partial charge in [0, 0.05) is 19.3 Å². The molecule has 0 bridgehead atoms. The lowest BCUT2D eigenvalue weighted by atomic mass is 10.1. The fourth-order valence-corrected chi connectivity index (χ4v) is 2.88. The number of anilines is 2. The molecule has 0 radical (unpaired) electrons. The van der Waals surface area contributed by atoms with Crippen LogP contribution >= 0.6 is 0 Å². The monoisotopic (exact) mass is 388 g/mol. The number of hydrogen-bond acceptors (Lipinski definition) is 6. The van der Waals surface area contributed by atoms with Crippen molar-refractivity contribution in [1.29, 1.82) is 0 Å². The van der Waals surface area contributed by atoms with Gasteiger partial charge in [0.05, 0.1) is 6.54 Å². The lowest BCUT2D eigenvalue weighted by molar-refractivity contribution is -0.135. The van der Waals surface area contributed by atoms with Crippen LogP contribution in [-0.4, -0.2) is 39.1 Å². The van der Waals surface area contributed by atoms with Gasteiger partial charge in [-0.1, -0.05) is 32.0 Å². The molecule has 0 aliphatic rings. The van der Waals surface area contributed by atoms with Gasteiger partial charge in [-0.3, -0.25) is 23.5 Å². The predicted molar refractivity (Wildman–Crippen MR) is 106 cm³/mol. The van der Waals surface area contributed by atoms with Crippen LogP contribution in [0.15, 0.2) is 39.9 Å². The third kappa shape index (κ3) is 4.48.